The van der Waals surface area contributed by atoms with Crippen molar-refractivity contribution in [3.05, 3.63) is 36.0 Å². The maximum absolute atomic E-state index is 13.3. The van der Waals surface area contributed by atoms with Gasteiger partial charge >= 0.3 is 5.97 Å². The second-order valence-corrected chi connectivity index (χ2v) is 10.1. The molecule has 2 rings (SSSR count). The second-order valence-electron chi connectivity index (χ2n) is 10.1. The van der Waals surface area contributed by atoms with Gasteiger partial charge in [-0.1, -0.05) is 45.9 Å². The minimum Gasteiger partial charge on any atom is -0.480 e. The van der Waals surface area contributed by atoms with E-state index < -0.39 is 54.5 Å². The highest BCUT2D eigenvalue weighted by atomic mass is 16.4. The van der Waals surface area contributed by atoms with Gasteiger partial charge in [-0.05, 0) is 36.3 Å². The van der Waals surface area contributed by atoms with Crippen molar-refractivity contribution in [3.63, 3.8) is 0 Å². The number of carbonyl (C=O) groups is 4. The number of amides is 3. The van der Waals surface area contributed by atoms with Crippen LogP contribution >= 0.6 is 0 Å². The van der Waals surface area contributed by atoms with Crippen LogP contribution in [0.2, 0.25) is 0 Å². The molecular formula is C26H39N5O6. The normalized spacial score (nSPS) is 14.7. The topological polar surface area (TPSA) is 187 Å². The van der Waals surface area contributed by atoms with Crippen LogP contribution in [0.15, 0.2) is 30.5 Å². The minimum absolute atomic E-state index is 0.0454. The molecule has 0 saturated carbocycles. The van der Waals surface area contributed by atoms with Crippen LogP contribution in [0.5, 0.6) is 0 Å². The summed E-state index contributed by atoms with van der Waals surface area (Å²) < 4.78 is 0. The Morgan fingerprint density at radius 3 is 2.03 bits per heavy atom. The molecule has 0 spiro atoms. The summed E-state index contributed by atoms with van der Waals surface area (Å²) in [6.07, 6.45) is 2.53. The van der Waals surface area contributed by atoms with Crippen LogP contribution in [0, 0.1) is 11.8 Å². The third kappa shape index (κ3) is 8.87. The van der Waals surface area contributed by atoms with E-state index in [-0.39, 0.29) is 18.3 Å². The van der Waals surface area contributed by atoms with Gasteiger partial charge in [0.25, 0.3) is 0 Å². The van der Waals surface area contributed by atoms with Gasteiger partial charge in [0.05, 0.1) is 12.6 Å². The number of hydrogen-bond donors (Lipinski definition) is 7. The number of H-pyrrole nitrogens is 1. The quantitative estimate of drug-likeness (QED) is 0.192. The van der Waals surface area contributed by atoms with Crippen molar-refractivity contribution in [2.45, 2.75) is 71.1 Å². The number of fused-ring (bicyclic) bond motifs is 1. The van der Waals surface area contributed by atoms with Crippen LogP contribution < -0.4 is 21.7 Å². The zero-order chi connectivity index (χ0) is 27.7. The van der Waals surface area contributed by atoms with Gasteiger partial charge in [0.1, 0.15) is 18.1 Å². The smallest absolute Gasteiger partial charge is 0.328 e. The van der Waals surface area contributed by atoms with Crippen LogP contribution in [-0.4, -0.2) is 69.7 Å². The van der Waals surface area contributed by atoms with Gasteiger partial charge in [-0.25, -0.2) is 4.79 Å². The molecule has 0 aliphatic heterocycles. The number of aliphatic hydroxyl groups is 1. The number of hydrogen-bond acceptors (Lipinski definition) is 6. The summed E-state index contributed by atoms with van der Waals surface area (Å²) in [5.74, 6) is -2.99. The van der Waals surface area contributed by atoms with Crippen LogP contribution in [0.25, 0.3) is 10.9 Å². The molecule has 2 aromatic rings. The van der Waals surface area contributed by atoms with E-state index in [4.69, 9.17) is 5.73 Å². The lowest BCUT2D eigenvalue weighted by Gasteiger charge is -2.26. The Morgan fingerprint density at radius 1 is 0.865 bits per heavy atom. The van der Waals surface area contributed by atoms with Crippen molar-refractivity contribution in [2.24, 2.45) is 17.6 Å². The van der Waals surface area contributed by atoms with E-state index in [9.17, 15) is 29.4 Å². The average molecular weight is 518 g/mol. The third-order valence-corrected chi connectivity index (χ3v) is 5.93. The lowest BCUT2D eigenvalue weighted by atomic mass is 9.99. The lowest BCUT2D eigenvalue weighted by molar-refractivity contribution is -0.143. The summed E-state index contributed by atoms with van der Waals surface area (Å²) in [4.78, 5) is 53.6. The Kier molecular flexibility index (Phi) is 11.1. The number of benzene rings is 1. The SMILES string of the molecule is CC(C)CC(N)C(=O)NC(CC(C)C)C(=O)NC(Cc1c[nH]c2ccccc12)C(=O)NC(CO)C(=O)O. The summed E-state index contributed by atoms with van der Waals surface area (Å²) in [6.45, 7) is 6.87. The molecule has 0 aliphatic carbocycles. The number of carbonyl (C=O) groups excluding carboxylic acids is 3. The first-order valence-corrected chi connectivity index (χ1v) is 12.5. The monoisotopic (exact) mass is 517 g/mol. The summed E-state index contributed by atoms with van der Waals surface area (Å²) in [7, 11) is 0. The van der Waals surface area contributed by atoms with Gasteiger partial charge in [-0.15, -0.1) is 0 Å². The summed E-state index contributed by atoms with van der Waals surface area (Å²) >= 11 is 0. The third-order valence-electron chi connectivity index (χ3n) is 5.93. The second kappa shape index (κ2) is 13.8. The summed E-state index contributed by atoms with van der Waals surface area (Å²) in [5, 5.41) is 27.1. The number of nitrogens with one attached hydrogen (secondary N) is 4. The number of rotatable bonds is 14. The van der Waals surface area contributed by atoms with Crippen molar-refractivity contribution in [1.29, 1.82) is 0 Å². The van der Waals surface area contributed by atoms with Gasteiger partial charge in [0.15, 0.2) is 0 Å². The maximum Gasteiger partial charge on any atom is 0.328 e. The summed E-state index contributed by atoms with van der Waals surface area (Å²) in [5.41, 5.74) is 7.57. The molecule has 0 bridgehead atoms. The number of aliphatic hydroxyl groups excluding tert-OH is 1. The van der Waals surface area contributed by atoms with E-state index >= 15 is 0 Å². The first-order chi connectivity index (χ1) is 17.4. The Morgan fingerprint density at radius 2 is 1.43 bits per heavy atom. The predicted octanol–water partition coefficient (Wildman–Crippen LogP) is 0.661. The number of aromatic amines is 1. The van der Waals surface area contributed by atoms with E-state index in [0.29, 0.717) is 12.8 Å². The van der Waals surface area contributed by atoms with Crippen LogP contribution in [-0.2, 0) is 25.6 Å². The Labute approximate surface area is 216 Å². The summed E-state index contributed by atoms with van der Waals surface area (Å²) in [6, 6.07) is 3.00. The fourth-order valence-electron chi connectivity index (χ4n) is 4.06. The molecular weight excluding hydrogens is 478 g/mol. The van der Waals surface area contributed by atoms with Gasteiger partial charge < -0.3 is 36.9 Å². The first kappa shape index (κ1) is 29.8. The van der Waals surface area contributed by atoms with Crippen molar-refractivity contribution in [1.82, 2.24) is 20.9 Å². The molecule has 37 heavy (non-hydrogen) atoms. The van der Waals surface area contributed by atoms with Crippen molar-refractivity contribution in [3.8, 4) is 0 Å². The van der Waals surface area contributed by atoms with Crippen LogP contribution in [0.1, 0.15) is 46.1 Å². The highest BCUT2D eigenvalue weighted by Crippen LogP contribution is 2.19. The van der Waals surface area contributed by atoms with E-state index in [2.05, 4.69) is 20.9 Å². The molecule has 1 aromatic heterocycles. The fraction of sp³-hybridized carbons (Fsp3) is 0.538. The molecule has 1 aromatic carbocycles. The highest BCUT2D eigenvalue weighted by molar-refractivity contribution is 5.94. The van der Waals surface area contributed by atoms with Gasteiger partial charge in [-0.2, -0.15) is 0 Å². The number of para-hydroxylation sites is 1. The van der Waals surface area contributed by atoms with Crippen molar-refractivity contribution >= 4 is 34.6 Å². The number of nitrogens with two attached hydrogens (primary N) is 1. The van der Waals surface area contributed by atoms with Crippen molar-refractivity contribution in [2.75, 3.05) is 6.61 Å². The lowest BCUT2D eigenvalue weighted by Crippen LogP contribution is -2.58. The fourth-order valence-corrected chi connectivity index (χ4v) is 4.06. The molecule has 0 saturated heterocycles. The molecule has 4 unspecified atom stereocenters. The van der Waals surface area contributed by atoms with Gasteiger partial charge in [-0.3, -0.25) is 14.4 Å². The zero-order valence-electron chi connectivity index (χ0n) is 21.8. The average Bonchev–Trinajstić information content (AvgIpc) is 3.23. The molecule has 8 N–H and O–H groups in total. The molecule has 204 valence electrons. The highest BCUT2D eigenvalue weighted by Gasteiger charge is 2.31. The van der Waals surface area contributed by atoms with Crippen LogP contribution in [0.3, 0.4) is 0 Å². The number of carboxylic acid groups (broad SMARTS) is 1. The molecule has 1 heterocycles. The van der Waals surface area contributed by atoms with E-state index in [1.165, 1.54) is 0 Å². The number of carboxylic acids is 1. The molecule has 4 atom stereocenters. The Balaban J connectivity index is 2.29. The molecule has 11 heteroatoms. The Hall–Kier alpha value is -3.44. The molecule has 0 radical (unpaired) electrons. The largest absolute Gasteiger partial charge is 0.480 e. The van der Waals surface area contributed by atoms with E-state index in [1.54, 1.807) is 6.20 Å². The van der Waals surface area contributed by atoms with E-state index in [0.717, 1.165) is 16.5 Å². The van der Waals surface area contributed by atoms with Gasteiger partial charge in [0, 0.05) is 23.5 Å². The number of aromatic nitrogens is 1. The molecule has 0 aliphatic rings. The maximum atomic E-state index is 13.3. The molecule has 3 amide bonds. The van der Waals surface area contributed by atoms with E-state index in [1.807, 2.05) is 52.0 Å². The van der Waals surface area contributed by atoms with Crippen molar-refractivity contribution < 1.29 is 29.4 Å². The molecule has 11 nitrogen and oxygen atoms in total. The first-order valence-electron chi connectivity index (χ1n) is 12.5. The zero-order valence-corrected chi connectivity index (χ0v) is 21.8. The van der Waals surface area contributed by atoms with Gasteiger partial charge in [0.2, 0.25) is 17.7 Å². The standard InChI is InChI=1S/C26H39N5O6/c1-14(2)9-18(27)23(33)29-20(10-15(3)4)24(34)30-21(25(35)31-22(13-32)26(36)37)11-16-12-28-19-8-6-5-7-17(16)19/h5-8,12,14-15,18,20-22,28,32H,9-11,13,27H2,1-4H3,(H,29,33)(H,30,34)(H,31,35)(H,36,37). The number of aliphatic carboxylic acids is 1. The minimum atomic E-state index is -1.53. The van der Waals surface area contributed by atoms with Crippen LogP contribution in [0.4, 0.5) is 0 Å². The Bertz CT molecular complexity index is 1080. The predicted molar refractivity (Wildman–Crippen MR) is 139 cm³/mol. The molecule has 0 fully saturated rings.